The lowest BCUT2D eigenvalue weighted by molar-refractivity contribution is -0.208. The van der Waals surface area contributed by atoms with Crippen LogP contribution in [0, 0.1) is 0 Å². The molecule has 4 N–H and O–H groups in total. The number of carbonyl (C=O) groups is 6. The number of nitrogens with one attached hydrogen (secondary N) is 2. The molecule has 2 bridgehead atoms. The largest absolute Gasteiger partial charge is 0.493 e. The van der Waals surface area contributed by atoms with Crippen molar-refractivity contribution in [1.82, 2.24) is 15.5 Å². The smallest absolute Gasteiger partial charge is 0.408 e. The van der Waals surface area contributed by atoms with Gasteiger partial charge in [-0.15, -0.1) is 0 Å². The Kier molecular flexibility index (Phi) is 10.4. The Morgan fingerprint density at radius 3 is 2.02 bits per heavy atom. The molecular weight excluding hydrogens is 698 g/mol. The first-order valence-electron chi connectivity index (χ1n) is 17.2. The Hall–Kier alpha value is -5.06. The van der Waals surface area contributed by atoms with E-state index in [0.717, 1.165) is 5.56 Å². The van der Waals surface area contributed by atoms with Gasteiger partial charge in [-0.05, 0) is 85.7 Å². The van der Waals surface area contributed by atoms with Gasteiger partial charge in [-0.3, -0.25) is 14.5 Å². The topological polar surface area (TPSA) is 226 Å². The Morgan fingerprint density at radius 1 is 0.925 bits per heavy atom. The van der Waals surface area contributed by atoms with Crippen molar-refractivity contribution in [2.75, 3.05) is 20.7 Å². The molecule has 290 valence electrons. The van der Waals surface area contributed by atoms with Crippen LogP contribution in [0.3, 0.4) is 0 Å². The average molecular weight is 746 g/mol. The number of aliphatic carboxylic acids is 2. The van der Waals surface area contributed by atoms with Crippen LogP contribution in [-0.2, 0) is 50.0 Å². The number of piperidine rings is 1. The van der Waals surface area contributed by atoms with E-state index in [2.05, 4.69) is 10.6 Å². The van der Waals surface area contributed by atoms with Crippen LogP contribution in [0.25, 0.3) is 0 Å². The summed E-state index contributed by atoms with van der Waals surface area (Å²) in [6.45, 7) is 10.2. The maximum Gasteiger partial charge on any atom is 0.408 e. The van der Waals surface area contributed by atoms with Gasteiger partial charge in [-0.1, -0.05) is 6.07 Å². The van der Waals surface area contributed by atoms with E-state index in [1.165, 1.54) is 13.2 Å². The molecular formula is C36H47N3O14. The van der Waals surface area contributed by atoms with Gasteiger partial charge in [0.05, 0.1) is 31.4 Å². The quantitative estimate of drug-likeness (QED) is 0.189. The molecule has 5 rings (SSSR count). The molecule has 2 aliphatic heterocycles. The number of likely N-dealkylation sites (N-methyl/N-ethyl adjacent to an activating group) is 1. The minimum atomic E-state index is -1.65. The average Bonchev–Trinajstić information content (AvgIpc) is 3.37. The van der Waals surface area contributed by atoms with E-state index >= 15 is 0 Å². The number of amides is 2. The number of methoxy groups -OCH3 is 1. The highest BCUT2D eigenvalue weighted by Gasteiger charge is 2.74. The monoisotopic (exact) mass is 745 g/mol. The predicted molar refractivity (Wildman–Crippen MR) is 182 cm³/mol. The third-order valence-electron chi connectivity index (χ3n) is 9.73. The molecule has 0 saturated carbocycles. The van der Waals surface area contributed by atoms with E-state index in [9.17, 15) is 39.0 Å². The van der Waals surface area contributed by atoms with E-state index < -0.39 is 95.4 Å². The minimum Gasteiger partial charge on any atom is -0.493 e. The molecule has 17 heteroatoms. The molecule has 2 heterocycles. The van der Waals surface area contributed by atoms with Crippen LogP contribution in [0.2, 0.25) is 0 Å². The normalized spacial score (nSPS) is 25.2. The number of ether oxygens (including phenoxy) is 6. The molecule has 2 amide bonds. The van der Waals surface area contributed by atoms with Gasteiger partial charge in [0.15, 0.2) is 17.6 Å². The van der Waals surface area contributed by atoms with E-state index in [4.69, 9.17) is 28.4 Å². The molecule has 1 spiro atoms. The first-order chi connectivity index (χ1) is 24.6. The van der Waals surface area contributed by atoms with Gasteiger partial charge in [0, 0.05) is 12.0 Å². The van der Waals surface area contributed by atoms with Crippen molar-refractivity contribution in [3.05, 3.63) is 35.1 Å². The third-order valence-corrected chi connectivity index (χ3v) is 9.73. The number of rotatable bonds is 11. The van der Waals surface area contributed by atoms with Crippen molar-refractivity contribution < 1.29 is 67.4 Å². The molecule has 0 radical (unpaired) electrons. The lowest BCUT2D eigenvalue weighted by Crippen LogP contribution is -2.76. The molecule has 17 nitrogen and oxygen atoms in total. The van der Waals surface area contributed by atoms with Gasteiger partial charge in [0.25, 0.3) is 0 Å². The SMILES string of the molecule is COc1ccc2c3c1O[C@H]1C(OC(=O)C(CC(=O)O)NC(=O)OC(C)(C)C)=CC[C@@]4(OC(=O)C(CC(=O)O)NC(=O)OC(C)(C)C)[C@@H](C2)N(C)CC[C@]314. The highest BCUT2D eigenvalue weighted by Crippen LogP contribution is 2.66. The molecule has 1 aromatic carbocycles. The lowest BCUT2D eigenvalue weighted by atomic mass is 9.50. The van der Waals surface area contributed by atoms with Crippen molar-refractivity contribution in [3.8, 4) is 11.5 Å². The number of carboxylic acids is 2. The van der Waals surface area contributed by atoms with Crippen molar-refractivity contribution in [1.29, 1.82) is 0 Å². The number of esters is 2. The second kappa shape index (κ2) is 14.1. The number of benzene rings is 1. The second-order valence-corrected chi connectivity index (χ2v) is 15.7. The first-order valence-corrected chi connectivity index (χ1v) is 17.2. The molecule has 1 aromatic rings. The highest BCUT2D eigenvalue weighted by atomic mass is 16.6. The first kappa shape index (κ1) is 39.2. The number of likely N-dealkylation sites (tertiary alicyclic amines) is 1. The van der Waals surface area contributed by atoms with Crippen LogP contribution in [0.4, 0.5) is 9.59 Å². The number of hydrogen-bond acceptors (Lipinski definition) is 13. The zero-order valence-corrected chi connectivity index (χ0v) is 31.0. The molecule has 6 atom stereocenters. The van der Waals surface area contributed by atoms with Crippen molar-refractivity contribution >= 4 is 36.1 Å². The highest BCUT2D eigenvalue weighted by molar-refractivity contribution is 5.88. The van der Waals surface area contributed by atoms with Crippen LogP contribution >= 0.6 is 0 Å². The summed E-state index contributed by atoms with van der Waals surface area (Å²) in [5, 5.41) is 23.9. The maximum absolute atomic E-state index is 14.2. The van der Waals surface area contributed by atoms with Crippen LogP contribution in [0.1, 0.15) is 78.4 Å². The summed E-state index contributed by atoms with van der Waals surface area (Å²) in [4.78, 5) is 79.0. The Labute approximate surface area is 306 Å². The lowest BCUT2D eigenvalue weighted by Gasteiger charge is -2.62. The predicted octanol–water partition coefficient (Wildman–Crippen LogP) is 2.80. The zero-order chi connectivity index (χ0) is 39.3. The summed E-state index contributed by atoms with van der Waals surface area (Å²) in [7, 11) is 3.34. The summed E-state index contributed by atoms with van der Waals surface area (Å²) >= 11 is 0. The van der Waals surface area contributed by atoms with Crippen molar-refractivity contribution in [3.63, 3.8) is 0 Å². The zero-order valence-electron chi connectivity index (χ0n) is 31.0. The second-order valence-electron chi connectivity index (χ2n) is 15.7. The summed E-state index contributed by atoms with van der Waals surface area (Å²) in [6, 6.07) is -0.144. The van der Waals surface area contributed by atoms with Crippen LogP contribution in [0.15, 0.2) is 24.0 Å². The standard InChI is InChI=1S/C36H47N3O14/c1-33(2,3)52-31(46)37-19(16-24(40)41)29(44)49-22-11-12-36(51-30(45)20(17-25(42)43)38-32(47)53-34(4,5)6)23-15-18-9-10-21(48-8)27-26(18)35(36,28(22)50-27)13-14-39(23)7/h9-11,19-20,23,28H,12-17H2,1-8H3,(H,37,46)(H,38,47)(H,40,41)(H,42,43)/t19?,20?,23-,28+,35+,36-/m1/s1. The molecule has 1 saturated heterocycles. The van der Waals surface area contributed by atoms with Crippen molar-refractivity contribution in [2.45, 2.75) is 120 Å². The summed E-state index contributed by atoms with van der Waals surface area (Å²) in [5.41, 5.74) is -3.03. The third kappa shape index (κ3) is 7.57. The van der Waals surface area contributed by atoms with Gasteiger partial charge in [-0.2, -0.15) is 0 Å². The van der Waals surface area contributed by atoms with E-state index in [-0.39, 0.29) is 12.2 Å². The van der Waals surface area contributed by atoms with Gasteiger partial charge in [-0.25, -0.2) is 19.2 Å². The number of alkyl carbamates (subject to hydrolysis) is 2. The summed E-state index contributed by atoms with van der Waals surface area (Å²) in [6.07, 6.45) is -2.62. The van der Waals surface area contributed by atoms with Crippen molar-refractivity contribution in [2.24, 2.45) is 0 Å². The Balaban J connectivity index is 1.58. The van der Waals surface area contributed by atoms with Crippen LogP contribution in [-0.4, -0.2) is 113 Å². The molecule has 4 aliphatic rings. The molecule has 2 aliphatic carbocycles. The fourth-order valence-corrected chi connectivity index (χ4v) is 7.83. The number of hydrogen-bond donors (Lipinski definition) is 4. The van der Waals surface area contributed by atoms with E-state index in [1.54, 1.807) is 47.6 Å². The number of carbonyl (C=O) groups excluding carboxylic acids is 4. The molecule has 1 fully saturated rings. The van der Waals surface area contributed by atoms with E-state index in [0.29, 0.717) is 36.4 Å². The summed E-state index contributed by atoms with van der Waals surface area (Å²) < 4.78 is 35.2. The molecule has 2 unspecified atom stereocenters. The Morgan fingerprint density at radius 2 is 1.49 bits per heavy atom. The van der Waals surface area contributed by atoms with Crippen LogP contribution in [0.5, 0.6) is 11.5 Å². The fourth-order valence-electron chi connectivity index (χ4n) is 7.83. The number of nitrogens with zero attached hydrogens (tertiary/aromatic N) is 1. The Bertz CT molecular complexity index is 1730. The van der Waals surface area contributed by atoms with Gasteiger partial charge in [0.2, 0.25) is 0 Å². The van der Waals surface area contributed by atoms with Crippen LogP contribution < -0.4 is 20.1 Å². The summed E-state index contributed by atoms with van der Waals surface area (Å²) in [5.74, 6) is -4.18. The van der Waals surface area contributed by atoms with E-state index in [1.807, 2.05) is 18.0 Å². The minimum absolute atomic E-state index is 0.00794. The fraction of sp³-hybridized carbons (Fsp3) is 0.611. The van der Waals surface area contributed by atoms with Gasteiger partial charge >= 0.3 is 36.1 Å². The van der Waals surface area contributed by atoms with Gasteiger partial charge in [0.1, 0.15) is 34.6 Å². The molecule has 53 heavy (non-hydrogen) atoms. The number of carboxylic acid groups (broad SMARTS) is 2. The maximum atomic E-state index is 14.2. The van der Waals surface area contributed by atoms with Gasteiger partial charge < -0.3 is 49.3 Å². The molecule has 0 aromatic heterocycles.